The fraction of sp³-hybridized carbons (Fsp3) is 0.294. The van der Waals surface area contributed by atoms with Crippen LogP contribution in [-0.4, -0.2) is 10.9 Å². The lowest BCUT2D eigenvalue weighted by Crippen LogP contribution is -2.32. The van der Waals surface area contributed by atoms with Gasteiger partial charge in [-0.3, -0.25) is 9.59 Å². The van der Waals surface area contributed by atoms with Gasteiger partial charge in [-0.1, -0.05) is 6.07 Å². The molecule has 1 aromatic carbocycles. The summed E-state index contributed by atoms with van der Waals surface area (Å²) in [5.74, 6) is -0.163. The van der Waals surface area contributed by atoms with Gasteiger partial charge in [-0.15, -0.1) is 12.4 Å². The molecule has 1 unspecified atom stereocenters. The Hall–Kier alpha value is -2.27. The number of anilines is 1. The zero-order valence-corrected chi connectivity index (χ0v) is 13.7. The van der Waals surface area contributed by atoms with Crippen molar-refractivity contribution in [3.63, 3.8) is 0 Å². The van der Waals surface area contributed by atoms with E-state index >= 15 is 0 Å². The maximum Gasteiger partial charge on any atom is 0.253 e. The first kappa shape index (κ1) is 17.1. The van der Waals surface area contributed by atoms with Crippen molar-refractivity contribution in [1.82, 2.24) is 10.3 Å². The van der Waals surface area contributed by atoms with Crippen LogP contribution in [0.25, 0.3) is 0 Å². The number of carbonyl (C=O) groups is 1. The average Bonchev–Trinajstić information content (AvgIpc) is 2.47. The molecule has 5 nitrogen and oxygen atoms in total. The van der Waals surface area contributed by atoms with Gasteiger partial charge >= 0.3 is 0 Å². The van der Waals surface area contributed by atoms with Crippen LogP contribution in [0.5, 0.6) is 0 Å². The minimum atomic E-state index is -0.201. The minimum Gasteiger partial charge on any atom is -0.399 e. The van der Waals surface area contributed by atoms with Crippen molar-refractivity contribution in [2.45, 2.75) is 32.2 Å². The van der Waals surface area contributed by atoms with Gasteiger partial charge in [0, 0.05) is 18.0 Å². The summed E-state index contributed by atoms with van der Waals surface area (Å²) in [5.41, 5.74) is 9.90. The molecule has 0 aliphatic heterocycles. The van der Waals surface area contributed by atoms with Crippen molar-refractivity contribution in [1.29, 1.82) is 0 Å². The highest BCUT2D eigenvalue weighted by atomic mass is 35.5. The van der Waals surface area contributed by atoms with Gasteiger partial charge in [0.25, 0.3) is 5.91 Å². The van der Waals surface area contributed by atoms with Gasteiger partial charge in [-0.05, 0) is 55.0 Å². The number of nitrogen functional groups attached to an aromatic ring is 1. The number of benzene rings is 1. The number of pyridine rings is 1. The second-order valence-corrected chi connectivity index (χ2v) is 5.77. The highest BCUT2D eigenvalue weighted by Crippen LogP contribution is 2.31. The lowest BCUT2D eigenvalue weighted by molar-refractivity contribution is 0.0931. The normalized spacial score (nSPS) is 16.1. The number of nitrogens with one attached hydrogen (secondary N) is 2. The summed E-state index contributed by atoms with van der Waals surface area (Å²) in [7, 11) is 0. The van der Waals surface area contributed by atoms with Gasteiger partial charge < -0.3 is 16.0 Å². The fourth-order valence-electron chi connectivity index (χ4n) is 3.04. The molecule has 1 heterocycles. The van der Waals surface area contributed by atoms with E-state index in [-0.39, 0.29) is 29.9 Å². The van der Waals surface area contributed by atoms with Crippen molar-refractivity contribution in [2.24, 2.45) is 0 Å². The number of fused-ring (bicyclic) bond motifs is 1. The molecule has 0 radical (unpaired) electrons. The Morgan fingerprint density at radius 2 is 2.13 bits per heavy atom. The molecule has 0 spiro atoms. The number of hydrogen-bond donors (Lipinski definition) is 3. The number of aryl methyl sites for hydroxylation is 2. The summed E-state index contributed by atoms with van der Waals surface area (Å²) in [6, 6.07) is 7.27. The summed E-state index contributed by atoms with van der Waals surface area (Å²) >= 11 is 0. The predicted molar refractivity (Wildman–Crippen MR) is 93.0 cm³/mol. The Bertz CT molecular complexity index is 786. The third-order valence-corrected chi connectivity index (χ3v) is 4.16. The van der Waals surface area contributed by atoms with Gasteiger partial charge in [0.1, 0.15) is 0 Å². The second kappa shape index (κ2) is 6.87. The summed E-state index contributed by atoms with van der Waals surface area (Å²) in [4.78, 5) is 26.3. The monoisotopic (exact) mass is 333 g/mol. The van der Waals surface area contributed by atoms with E-state index in [0.717, 1.165) is 30.5 Å². The second-order valence-electron chi connectivity index (χ2n) is 5.77. The maximum absolute atomic E-state index is 12.5. The molecule has 2 aromatic rings. The number of carbonyl (C=O) groups excluding carboxylic acids is 1. The van der Waals surface area contributed by atoms with Crippen LogP contribution in [-0.2, 0) is 6.42 Å². The molecule has 1 atom stereocenters. The van der Waals surface area contributed by atoms with Gasteiger partial charge in [0.05, 0.1) is 11.6 Å². The number of H-pyrrole nitrogens is 1. The number of nitrogens with two attached hydrogens (primary N) is 1. The molecule has 1 amide bonds. The maximum atomic E-state index is 12.5. The molecule has 0 fully saturated rings. The van der Waals surface area contributed by atoms with Gasteiger partial charge in [0.15, 0.2) is 0 Å². The molecule has 3 rings (SSSR count). The molecule has 122 valence electrons. The van der Waals surface area contributed by atoms with Crippen molar-refractivity contribution in [2.75, 3.05) is 5.73 Å². The van der Waals surface area contributed by atoms with E-state index in [1.165, 1.54) is 17.8 Å². The van der Waals surface area contributed by atoms with Crippen LogP contribution in [0.1, 0.15) is 45.9 Å². The van der Waals surface area contributed by atoms with E-state index in [9.17, 15) is 9.59 Å². The van der Waals surface area contributed by atoms with Crippen LogP contribution in [0.3, 0.4) is 0 Å². The minimum absolute atomic E-state index is 0. The van der Waals surface area contributed by atoms with Gasteiger partial charge in [-0.25, -0.2) is 0 Å². The number of halogens is 1. The smallest absolute Gasteiger partial charge is 0.253 e. The van der Waals surface area contributed by atoms with Crippen molar-refractivity contribution in [3.8, 4) is 0 Å². The molecule has 0 bridgehead atoms. The SMILES string of the molecule is Cc1cc(=O)[nH]cc1C(=O)NC1CCCc2cc(N)ccc21.Cl. The van der Waals surface area contributed by atoms with Crippen LogP contribution >= 0.6 is 12.4 Å². The standard InChI is InChI=1S/C17H19N3O2.ClH/c1-10-7-16(21)19-9-14(10)17(22)20-15-4-2-3-11-8-12(18)5-6-13(11)15;/h5-9,15H,2-4,18H2,1H3,(H,19,21)(H,20,22);1H. The van der Waals surface area contributed by atoms with E-state index in [4.69, 9.17) is 5.73 Å². The predicted octanol–water partition coefficient (Wildman–Crippen LogP) is 2.49. The molecule has 1 aliphatic carbocycles. The molecule has 6 heteroatoms. The highest BCUT2D eigenvalue weighted by Gasteiger charge is 2.23. The Labute approximate surface area is 140 Å². The van der Waals surface area contributed by atoms with Crippen molar-refractivity contribution in [3.05, 3.63) is 63.1 Å². The molecule has 4 N–H and O–H groups in total. The first-order valence-corrected chi connectivity index (χ1v) is 7.43. The van der Waals surface area contributed by atoms with Crippen LogP contribution in [0.15, 0.2) is 35.3 Å². The zero-order valence-electron chi connectivity index (χ0n) is 12.9. The van der Waals surface area contributed by atoms with Crippen molar-refractivity contribution < 1.29 is 4.79 Å². The molecular weight excluding hydrogens is 314 g/mol. The number of rotatable bonds is 2. The fourth-order valence-corrected chi connectivity index (χ4v) is 3.04. The number of aromatic amines is 1. The van der Waals surface area contributed by atoms with E-state index < -0.39 is 0 Å². The van der Waals surface area contributed by atoms with Crippen LogP contribution in [0.2, 0.25) is 0 Å². The molecular formula is C17H20ClN3O2. The Morgan fingerprint density at radius 3 is 2.87 bits per heavy atom. The Kier molecular flexibility index (Phi) is 5.11. The first-order valence-electron chi connectivity index (χ1n) is 7.43. The van der Waals surface area contributed by atoms with Gasteiger partial charge in [-0.2, -0.15) is 0 Å². The van der Waals surface area contributed by atoms with Gasteiger partial charge in [0.2, 0.25) is 5.56 Å². The molecule has 1 aromatic heterocycles. The molecule has 0 saturated heterocycles. The lowest BCUT2D eigenvalue weighted by Gasteiger charge is -2.27. The molecule has 1 aliphatic rings. The summed E-state index contributed by atoms with van der Waals surface area (Å²) in [6.07, 6.45) is 4.39. The van der Waals surface area contributed by atoms with E-state index in [1.54, 1.807) is 6.92 Å². The largest absolute Gasteiger partial charge is 0.399 e. The van der Waals surface area contributed by atoms with E-state index in [2.05, 4.69) is 10.3 Å². The first-order chi connectivity index (χ1) is 10.5. The van der Waals surface area contributed by atoms with E-state index in [1.807, 2.05) is 18.2 Å². The Balaban J connectivity index is 0.00000192. The Morgan fingerprint density at radius 1 is 1.35 bits per heavy atom. The average molecular weight is 334 g/mol. The topological polar surface area (TPSA) is 88.0 Å². The number of aromatic nitrogens is 1. The zero-order chi connectivity index (χ0) is 15.7. The summed E-state index contributed by atoms with van der Waals surface area (Å²) < 4.78 is 0. The van der Waals surface area contributed by atoms with Crippen LogP contribution in [0, 0.1) is 6.92 Å². The van der Waals surface area contributed by atoms with Crippen LogP contribution in [0.4, 0.5) is 5.69 Å². The molecule has 0 saturated carbocycles. The van der Waals surface area contributed by atoms with E-state index in [0.29, 0.717) is 11.1 Å². The molecule has 23 heavy (non-hydrogen) atoms. The summed E-state index contributed by atoms with van der Waals surface area (Å²) in [5, 5.41) is 3.07. The summed E-state index contributed by atoms with van der Waals surface area (Å²) in [6.45, 7) is 1.76. The third-order valence-electron chi connectivity index (χ3n) is 4.16. The highest BCUT2D eigenvalue weighted by molar-refractivity contribution is 5.95. The quantitative estimate of drug-likeness (QED) is 0.738. The number of amides is 1. The van der Waals surface area contributed by atoms with Crippen LogP contribution < -0.4 is 16.6 Å². The lowest BCUT2D eigenvalue weighted by atomic mass is 9.87. The number of hydrogen-bond acceptors (Lipinski definition) is 3. The van der Waals surface area contributed by atoms with Crippen molar-refractivity contribution >= 4 is 24.0 Å². The third kappa shape index (κ3) is 3.56.